The SMILES string of the molecule is CCC(CC)CC1(C(=O)Oc2ccccc2SC(=O)C(C)C)CCCCC1. The van der Waals surface area contributed by atoms with Crippen LogP contribution in [0.3, 0.4) is 0 Å². The van der Waals surface area contributed by atoms with E-state index < -0.39 is 0 Å². The van der Waals surface area contributed by atoms with Crippen LogP contribution in [0.2, 0.25) is 0 Å². The number of benzene rings is 1. The van der Waals surface area contributed by atoms with Crippen molar-refractivity contribution in [1.29, 1.82) is 0 Å². The lowest BCUT2D eigenvalue weighted by Crippen LogP contribution is -2.38. The highest BCUT2D eigenvalue weighted by atomic mass is 32.2. The van der Waals surface area contributed by atoms with E-state index in [0.717, 1.165) is 49.8 Å². The maximum atomic E-state index is 13.3. The van der Waals surface area contributed by atoms with Gasteiger partial charge in [-0.1, -0.05) is 71.9 Å². The molecule has 150 valence electrons. The zero-order valence-electron chi connectivity index (χ0n) is 17.3. The smallest absolute Gasteiger partial charge is 0.317 e. The van der Waals surface area contributed by atoms with Crippen molar-refractivity contribution < 1.29 is 14.3 Å². The van der Waals surface area contributed by atoms with E-state index in [4.69, 9.17) is 4.74 Å². The Morgan fingerprint density at radius 1 is 1.07 bits per heavy atom. The molecule has 0 N–H and O–H groups in total. The van der Waals surface area contributed by atoms with Crippen molar-refractivity contribution in [3.8, 4) is 5.75 Å². The zero-order chi connectivity index (χ0) is 19.9. The summed E-state index contributed by atoms with van der Waals surface area (Å²) in [5.74, 6) is 0.927. The quantitative estimate of drug-likeness (QED) is 0.283. The second-order valence-corrected chi connectivity index (χ2v) is 9.19. The van der Waals surface area contributed by atoms with E-state index in [1.807, 2.05) is 38.1 Å². The zero-order valence-corrected chi connectivity index (χ0v) is 18.1. The summed E-state index contributed by atoms with van der Waals surface area (Å²) in [7, 11) is 0. The van der Waals surface area contributed by atoms with Gasteiger partial charge in [-0.2, -0.15) is 0 Å². The molecule has 0 heterocycles. The Labute approximate surface area is 168 Å². The molecule has 27 heavy (non-hydrogen) atoms. The topological polar surface area (TPSA) is 43.4 Å². The number of hydrogen-bond acceptors (Lipinski definition) is 4. The second kappa shape index (κ2) is 10.3. The van der Waals surface area contributed by atoms with Crippen LogP contribution in [0.25, 0.3) is 0 Å². The fraction of sp³-hybridized carbons (Fsp3) is 0.652. The maximum Gasteiger partial charge on any atom is 0.317 e. The lowest BCUT2D eigenvalue weighted by atomic mass is 9.68. The van der Waals surface area contributed by atoms with Gasteiger partial charge in [0, 0.05) is 5.92 Å². The molecule has 0 saturated heterocycles. The highest BCUT2D eigenvalue weighted by molar-refractivity contribution is 8.13. The predicted octanol–water partition coefficient (Wildman–Crippen LogP) is 6.64. The standard InChI is InChI=1S/C23H34O3S/c1-5-18(6-2)16-23(14-10-7-11-15-23)22(25)26-19-12-8-9-13-20(19)27-21(24)17(3)4/h8-9,12-13,17-18H,5-7,10-11,14-16H2,1-4H3. The first-order valence-corrected chi connectivity index (χ1v) is 11.3. The summed E-state index contributed by atoms with van der Waals surface area (Å²) in [5.41, 5.74) is -0.366. The van der Waals surface area contributed by atoms with Gasteiger partial charge in [0.15, 0.2) is 5.12 Å². The van der Waals surface area contributed by atoms with Crippen LogP contribution in [0, 0.1) is 17.3 Å². The van der Waals surface area contributed by atoms with Crippen LogP contribution in [-0.4, -0.2) is 11.1 Å². The van der Waals surface area contributed by atoms with Crippen LogP contribution in [-0.2, 0) is 9.59 Å². The third-order valence-corrected chi connectivity index (χ3v) is 7.04. The molecule has 1 fully saturated rings. The normalized spacial score (nSPS) is 16.5. The van der Waals surface area contributed by atoms with Gasteiger partial charge in [-0.25, -0.2) is 0 Å². The minimum Gasteiger partial charge on any atom is -0.425 e. The Hall–Kier alpha value is -1.29. The van der Waals surface area contributed by atoms with Gasteiger partial charge >= 0.3 is 5.97 Å². The third-order valence-electron chi connectivity index (χ3n) is 5.81. The molecule has 0 spiro atoms. The van der Waals surface area contributed by atoms with Gasteiger partial charge in [0.2, 0.25) is 0 Å². The van der Waals surface area contributed by atoms with Crippen molar-refractivity contribution in [2.24, 2.45) is 17.3 Å². The Kier molecular flexibility index (Phi) is 8.40. The highest BCUT2D eigenvalue weighted by Gasteiger charge is 2.42. The van der Waals surface area contributed by atoms with Gasteiger partial charge in [0.05, 0.1) is 10.3 Å². The molecule has 0 aliphatic heterocycles. The first-order valence-electron chi connectivity index (χ1n) is 10.4. The number of carbonyl (C=O) groups is 2. The number of thioether (sulfide) groups is 1. The fourth-order valence-electron chi connectivity index (χ4n) is 3.90. The molecule has 1 aromatic rings. The summed E-state index contributed by atoms with van der Waals surface area (Å²) < 4.78 is 5.95. The van der Waals surface area contributed by atoms with Gasteiger partial charge in [0.25, 0.3) is 0 Å². The number of ether oxygens (including phenoxy) is 1. The van der Waals surface area contributed by atoms with Crippen molar-refractivity contribution in [3.05, 3.63) is 24.3 Å². The van der Waals surface area contributed by atoms with Crippen molar-refractivity contribution in [2.45, 2.75) is 84.0 Å². The fourth-order valence-corrected chi connectivity index (χ4v) is 4.71. The molecule has 1 aliphatic rings. The van der Waals surface area contributed by atoms with Crippen molar-refractivity contribution in [3.63, 3.8) is 0 Å². The van der Waals surface area contributed by atoms with E-state index in [0.29, 0.717) is 11.7 Å². The molecule has 2 rings (SSSR count). The van der Waals surface area contributed by atoms with Crippen LogP contribution >= 0.6 is 11.8 Å². The molecule has 1 saturated carbocycles. The summed E-state index contributed by atoms with van der Waals surface area (Å²) >= 11 is 1.17. The number of para-hydroxylation sites is 1. The first-order chi connectivity index (χ1) is 12.9. The van der Waals surface area contributed by atoms with Gasteiger partial charge in [-0.3, -0.25) is 9.59 Å². The number of esters is 1. The molecule has 1 aromatic carbocycles. The molecule has 0 radical (unpaired) electrons. The number of hydrogen-bond donors (Lipinski definition) is 0. The Morgan fingerprint density at radius 2 is 1.70 bits per heavy atom. The lowest BCUT2D eigenvalue weighted by Gasteiger charge is -2.37. The Morgan fingerprint density at radius 3 is 2.30 bits per heavy atom. The van der Waals surface area contributed by atoms with E-state index in [1.54, 1.807) is 0 Å². The van der Waals surface area contributed by atoms with Gasteiger partial charge in [-0.15, -0.1) is 0 Å². The van der Waals surface area contributed by atoms with E-state index >= 15 is 0 Å². The van der Waals surface area contributed by atoms with Crippen LogP contribution in [0.4, 0.5) is 0 Å². The van der Waals surface area contributed by atoms with Crippen LogP contribution in [0.1, 0.15) is 79.1 Å². The average Bonchev–Trinajstić information content (AvgIpc) is 2.68. The lowest BCUT2D eigenvalue weighted by molar-refractivity contribution is -0.149. The van der Waals surface area contributed by atoms with Crippen molar-refractivity contribution in [1.82, 2.24) is 0 Å². The minimum atomic E-state index is -0.366. The van der Waals surface area contributed by atoms with E-state index in [1.165, 1.54) is 18.2 Å². The van der Waals surface area contributed by atoms with E-state index in [-0.39, 0.29) is 22.4 Å². The van der Waals surface area contributed by atoms with E-state index in [2.05, 4.69) is 13.8 Å². The van der Waals surface area contributed by atoms with Crippen molar-refractivity contribution >= 4 is 22.8 Å². The van der Waals surface area contributed by atoms with Crippen LogP contribution in [0.5, 0.6) is 5.75 Å². The van der Waals surface area contributed by atoms with Gasteiger partial charge in [-0.05, 0) is 49.1 Å². The Balaban J connectivity index is 2.21. The largest absolute Gasteiger partial charge is 0.425 e. The minimum absolute atomic E-state index is 0.0571. The maximum absolute atomic E-state index is 13.3. The molecule has 4 heteroatoms. The molecule has 1 aliphatic carbocycles. The summed E-state index contributed by atoms with van der Waals surface area (Å²) in [6.45, 7) is 8.19. The molecule has 0 atom stereocenters. The molecular weight excluding hydrogens is 356 g/mol. The molecule has 0 aromatic heterocycles. The monoisotopic (exact) mass is 390 g/mol. The molecule has 0 bridgehead atoms. The number of carbonyl (C=O) groups excluding carboxylic acids is 2. The summed E-state index contributed by atoms with van der Waals surface area (Å²) in [4.78, 5) is 26.2. The molecule has 3 nitrogen and oxygen atoms in total. The molecular formula is C23H34O3S. The van der Waals surface area contributed by atoms with Crippen LogP contribution in [0.15, 0.2) is 29.2 Å². The first kappa shape index (κ1) is 22.0. The third kappa shape index (κ3) is 5.84. The highest BCUT2D eigenvalue weighted by Crippen LogP contribution is 2.44. The predicted molar refractivity (Wildman–Crippen MR) is 112 cm³/mol. The van der Waals surface area contributed by atoms with Gasteiger partial charge in [0.1, 0.15) is 5.75 Å². The van der Waals surface area contributed by atoms with Gasteiger partial charge < -0.3 is 4.74 Å². The second-order valence-electron chi connectivity index (χ2n) is 8.14. The Bertz CT molecular complexity index is 628. The number of rotatable bonds is 8. The summed E-state index contributed by atoms with van der Waals surface area (Å²) in [5, 5.41) is 0.0860. The van der Waals surface area contributed by atoms with Crippen molar-refractivity contribution in [2.75, 3.05) is 0 Å². The summed E-state index contributed by atoms with van der Waals surface area (Å²) in [6.07, 6.45) is 8.34. The summed E-state index contributed by atoms with van der Waals surface area (Å²) in [6, 6.07) is 7.41. The molecule has 0 amide bonds. The molecule has 0 unspecified atom stereocenters. The average molecular weight is 391 g/mol. The van der Waals surface area contributed by atoms with E-state index in [9.17, 15) is 9.59 Å². The van der Waals surface area contributed by atoms with Crippen LogP contribution < -0.4 is 4.74 Å².